The highest BCUT2D eigenvalue weighted by Crippen LogP contribution is 2.69. The second-order valence-electron chi connectivity index (χ2n) is 11.6. The molecule has 40 heavy (non-hydrogen) atoms. The minimum absolute atomic E-state index is 0.00827. The maximum atomic E-state index is 13.8. The van der Waals surface area contributed by atoms with Crippen molar-refractivity contribution in [3.8, 4) is 6.07 Å². The van der Waals surface area contributed by atoms with Gasteiger partial charge >= 0.3 is 0 Å². The van der Waals surface area contributed by atoms with Gasteiger partial charge in [-0.2, -0.15) is 5.26 Å². The maximum absolute atomic E-state index is 13.8. The zero-order valence-electron chi connectivity index (χ0n) is 21.5. The zero-order chi connectivity index (χ0) is 31.7. The van der Waals surface area contributed by atoms with Crippen LogP contribution in [0.3, 0.4) is 0 Å². The summed E-state index contributed by atoms with van der Waals surface area (Å²) in [6, 6.07) is -2.90. The minimum Gasteiger partial charge on any atom is -0.387 e. The number of nitrogens with two attached hydrogens (primary N) is 2. The lowest BCUT2D eigenvalue weighted by Gasteiger charge is -2.65. The molecule has 2 saturated carbocycles. The van der Waals surface area contributed by atoms with Crippen LogP contribution in [0.5, 0.6) is 0 Å². The van der Waals surface area contributed by atoms with Crippen LogP contribution < -0.4 is 11.5 Å². The third-order valence-corrected chi connectivity index (χ3v) is 9.45. The number of likely N-dealkylation sites (tertiary alicyclic amines) is 1. The summed E-state index contributed by atoms with van der Waals surface area (Å²) in [5.74, 6) is -17.3. The molecule has 1 heterocycles. The summed E-state index contributed by atoms with van der Waals surface area (Å²) in [7, 11) is 0. The van der Waals surface area contributed by atoms with E-state index in [4.69, 9.17) is 11.5 Å². The van der Waals surface area contributed by atoms with Gasteiger partial charge in [-0.3, -0.25) is 4.79 Å². The molecule has 0 aromatic heterocycles. The van der Waals surface area contributed by atoms with Crippen LogP contribution in [-0.4, -0.2) is 159 Å². The number of aliphatic hydroxyl groups is 14. The van der Waals surface area contributed by atoms with Gasteiger partial charge in [-0.05, 0) is 26.2 Å². The maximum Gasteiger partial charge on any atom is 0.241 e. The van der Waals surface area contributed by atoms with Crippen LogP contribution in [0, 0.1) is 22.7 Å². The van der Waals surface area contributed by atoms with E-state index in [0.29, 0.717) is 4.90 Å². The van der Waals surface area contributed by atoms with E-state index in [2.05, 4.69) is 0 Å². The largest absolute Gasteiger partial charge is 0.387 e. The third kappa shape index (κ3) is 2.89. The molecule has 10 unspecified atom stereocenters. The van der Waals surface area contributed by atoms with Crippen molar-refractivity contribution in [2.24, 2.45) is 22.8 Å². The Morgan fingerprint density at radius 1 is 0.950 bits per heavy atom. The molecule has 3 aliphatic rings. The number of rotatable bonds is 3. The van der Waals surface area contributed by atoms with Crippen LogP contribution in [0.4, 0.5) is 0 Å². The number of nitriles is 1. The van der Waals surface area contributed by atoms with Gasteiger partial charge in [-0.1, -0.05) is 6.92 Å². The monoisotopic (exact) mass is 584 g/mol. The average molecular weight is 585 g/mol. The number of amides is 1. The van der Waals surface area contributed by atoms with Gasteiger partial charge in [0, 0.05) is 6.54 Å². The molecule has 1 aliphatic heterocycles. The van der Waals surface area contributed by atoms with Crippen molar-refractivity contribution >= 4 is 5.91 Å². The van der Waals surface area contributed by atoms with E-state index >= 15 is 0 Å². The van der Waals surface area contributed by atoms with Crippen molar-refractivity contribution in [3.05, 3.63) is 0 Å². The molecule has 1 amide bonds. The topological polar surface area (TPSA) is 379 Å². The lowest BCUT2D eigenvalue weighted by atomic mass is 9.51. The summed E-state index contributed by atoms with van der Waals surface area (Å²) >= 11 is 0. The van der Waals surface area contributed by atoms with Gasteiger partial charge in [0.05, 0.1) is 6.07 Å². The Morgan fingerprint density at radius 2 is 1.43 bits per heavy atom. The molecule has 0 spiro atoms. The van der Waals surface area contributed by atoms with E-state index < -0.39 is 87.2 Å². The van der Waals surface area contributed by atoms with Crippen LogP contribution >= 0.6 is 0 Å². The van der Waals surface area contributed by atoms with Crippen molar-refractivity contribution in [3.63, 3.8) is 0 Å². The van der Waals surface area contributed by atoms with E-state index in [1.165, 1.54) is 0 Å². The van der Waals surface area contributed by atoms with Crippen LogP contribution in [0.15, 0.2) is 0 Å². The Hall–Kier alpha value is -1.68. The van der Waals surface area contributed by atoms with E-state index in [1.807, 2.05) is 0 Å². The molecule has 0 aromatic rings. The first-order valence-electron chi connectivity index (χ1n) is 11.9. The highest BCUT2D eigenvalue weighted by Gasteiger charge is 3.00. The highest BCUT2D eigenvalue weighted by atomic mass is 16.6. The summed E-state index contributed by atoms with van der Waals surface area (Å²) in [6.07, 6.45) is -7.64. The summed E-state index contributed by atoms with van der Waals surface area (Å²) in [4.78, 5) is 14.4. The highest BCUT2D eigenvalue weighted by molar-refractivity contribution is 5.84. The molecule has 19 nitrogen and oxygen atoms in total. The van der Waals surface area contributed by atoms with Crippen LogP contribution in [-0.2, 0) is 4.79 Å². The molecule has 2 aliphatic carbocycles. The normalized spacial score (nSPS) is 50.3. The van der Waals surface area contributed by atoms with E-state index in [0.717, 1.165) is 0 Å². The molecule has 2 bridgehead atoms. The summed E-state index contributed by atoms with van der Waals surface area (Å²) in [5.41, 5.74) is -15.8. The Kier molecular flexibility index (Phi) is 6.94. The Labute approximate surface area is 225 Å². The van der Waals surface area contributed by atoms with Gasteiger partial charge in [-0.15, -0.1) is 0 Å². The quantitative estimate of drug-likeness (QED) is 0.137. The van der Waals surface area contributed by atoms with Gasteiger partial charge in [-0.25, -0.2) is 0 Å². The second kappa shape index (κ2) is 8.45. The smallest absolute Gasteiger partial charge is 0.241 e. The Morgan fingerprint density at radius 3 is 1.85 bits per heavy atom. The molecule has 18 N–H and O–H groups in total. The predicted octanol–water partition coefficient (Wildman–Crippen LogP) is -9.59. The van der Waals surface area contributed by atoms with E-state index in [1.54, 1.807) is 13.0 Å². The van der Waals surface area contributed by atoms with Crippen LogP contribution in [0.2, 0.25) is 0 Å². The minimum atomic E-state index is -5.23. The summed E-state index contributed by atoms with van der Waals surface area (Å²) in [6.45, 7) is 1.45. The fourth-order valence-corrected chi connectivity index (χ4v) is 6.84. The van der Waals surface area contributed by atoms with Crippen molar-refractivity contribution in [1.29, 1.82) is 5.26 Å². The zero-order valence-corrected chi connectivity index (χ0v) is 21.5. The Balaban J connectivity index is 2.68. The number of hydrogen-bond donors (Lipinski definition) is 16. The first-order valence-corrected chi connectivity index (χ1v) is 11.9. The van der Waals surface area contributed by atoms with E-state index in [9.17, 15) is 81.5 Å². The van der Waals surface area contributed by atoms with Crippen molar-refractivity contribution in [2.45, 2.75) is 97.2 Å². The number of carbonyl (C=O) groups excluding carboxylic acids is 1. The number of aliphatic hydroxyl groups excluding tert-OH is 2. The molecule has 19 heteroatoms. The summed E-state index contributed by atoms with van der Waals surface area (Å²) in [5, 5.41) is 166. The number of fused-ring (bicyclic) bond motifs is 3. The molecule has 230 valence electrons. The molecule has 0 aromatic carbocycles. The van der Waals surface area contributed by atoms with Crippen molar-refractivity contribution in [1.82, 2.24) is 4.90 Å². The first-order chi connectivity index (χ1) is 17.6. The predicted molar refractivity (Wildman–Crippen MR) is 121 cm³/mol. The van der Waals surface area contributed by atoms with Crippen LogP contribution in [0.1, 0.15) is 27.2 Å². The first kappa shape index (κ1) is 32.8. The van der Waals surface area contributed by atoms with Gasteiger partial charge in [0.2, 0.25) is 28.9 Å². The van der Waals surface area contributed by atoms with Crippen molar-refractivity contribution in [2.75, 3.05) is 6.54 Å². The van der Waals surface area contributed by atoms with Gasteiger partial charge < -0.3 is 87.9 Å². The van der Waals surface area contributed by atoms with Gasteiger partial charge in [0.1, 0.15) is 23.8 Å². The summed E-state index contributed by atoms with van der Waals surface area (Å²) < 4.78 is 0. The lowest BCUT2D eigenvalue weighted by Crippen LogP contribution is -2.93. The fraction of sp³-hybridized carbons (Fsp3) is 0.905. The van der Waals surface area contributed by atoms with Crippen molar-refractivity contribution < 1.29 is 76.3 Å². The molecule has 1 saturated heterocycles. The molecular weight excluding hydrogens is 548 g/mol. The number of hydrogen-bond acceptors (Lipinski definition) is 18. The molecule has 0 radical (unpaired) electrons. The molecule has 3 rings (SSSR count). The third-order valence-electron chi connectivity index (χ3n) is 9.45. The molecule has 10 atom stereocenters. The SMILES string of the molecule is CC1CC(C#N)N(C(=O)C(N)C23C(N)(O)C(C)(O)C(O)C(O)(C(O)(O)C(C)(O)C2(O)O)C(O)(C(O)O)C3(O)O)C1. The van der Waals surface area contributed by atoms with Gasteiger partial charge in [0.25, 0.3) is 0 Å². The average Bonchev–Trinajstić information content (AvgIpc) is 3.19. The Bertz CT molecular complexity index is 1120. The molecule has 3 fully saturated rings. The lowest BCUT2D eigenvalue weighted by molar-refractivity contribution is -0.483. The number of nitrogens with zero attached hydrogens (tertiary/aromatic N) is 2. The number of carbonyl (C=O) groups is 1. The standard InChI is InChI=1S/C21H36N4O15/c1-7-4-8(5-22)25(6-7)10(26)9(23)15-18(24,34)13(2,30)11(27)16(32,17(33,12(28)29)21(15,39)40)20(37,38)14(3,31)19(15,35)36/h7-9,11-12,27-40H,4,6,23-24H2,1-3H3. The van der Waals surface area contributed by atoms with Crippen LogP contribution in [0.25, 0.3) is 0 Å². The second-order valence-corrected chi connectivity index (χ2v) is 11.6. The fourth-order valence-electron chi connectivity index (χ4n) is 6.84. The van der Waals surface area contributed by atoms with Gasteiger partial charge in [0.15, 0.2) is 28.6 Å². The molecular formula is C21H36N4O15. The van der Waals surface area contributed by atoms with E-state index in [-0.39, 0.29) is 26.8 Å².